The summed E-state index contributed by atoms with van der Waals surface area (Å²) in [5, 5.41) is 9.84. The first-order chi connectivity index (χ1) is 20.3. The zero-order valence-corrected chi connectivity index (χ0v) is 23.8. The Morgan fingerprint density at radius 2 is 1.67 bits per heavy atom. The lowest BCUT2D eigenvalue weighted by molar-refractivity contribution is -0.136. The number of esters is 1. The van der Waals surface area contributed by atoms with Crippen molar-refractivity contribution >= 4 is 47.2 Å². The van der Waals surface area contributed by atoms with Crippen LogP contribution in [-0.4, -0.2) is 42.6 Å². The molecular weight excluding hydrogens is 560 g/mol. The molecule has 0 unspecified atom stereocenters. The quantitative estimate of drug-likeness (QED) is 0.104. The third-order valence-corrected chi connectivity index (χ3v) is 6.75. The summed E-state index contributed by atoms with van der Waals surface area (Å²) in [6.07, 6.45) is 6.45. The van der Waals surface area contributed by atoms with Crippen LogP contribution in [0, 0.1) is 0 Å². The number of nitrogens with one attached hydrogen (secondary N) is 3. The van der Waals surface area contributed by atoms with Crippen molar-refractivity contribution in [2.75, 3.05) is 11.9 Å². The molecule has 218 valence electrons. The first kappa shape index (κ1) is 30.3. The highest BCUT2D eigenvalue weighted by Gasteiger charge is 2.21. The summed E-state index contributed by atoms with van der Waals surface area (Å²) >= 11 is 5.88. The third-order valence-electron chi connectivity index (χ3n) is 6.50. The Morgan fingerprint density at radius 3 is 2.40 bits per heavy atom. The van der Waals surface area contributed by atoms with E-state index in [2.05, 4.69) is 21.2 Å². The molecule has 11 heteroatoms. The average Bonchev–Trinajstić information content (AvgIpc) is 2.99. The summed E-state index contributed by atoms with van der Waals surface area (Å²) in [7, 11) is 0. The van der Waals surface area contributed by atoms with E-state index in [1.165, 1.54) is 12.3 Å². The lowest BCUT2D eigenvalue weighted by Gasteiger charge is -2.23. The summed E-state index contributed by atoms with van der Waals surface area (Å²) in [5.74, 6) is -2.40. The summed E-state index contributed by atoms with van der Waals surface area (Å²) in [6.45, 7) is 2.09. The topological polar surface area (TPSA) is 135 Å². The Bertz CT molecular complexity index is 1470. The largest absolute Gasteiger partial charge is 0.490 e. The summed E-state index contributed by atoms with van der Waals surface area (Å²) in [5.41, 5.74) is 3.49. The Morgan fingerprint density at radius 1 is 0.929 bits per heavy atom. The van der Waals surface area contributed by atoms with Crippen LogP contribution in [0.1, 0.15) is 65.3 Å². The van der Waals surface area contributed by atoms with Crippen LogP contribution in [-0.2, 0) is 9.59 Å². The Hall–Kier alpha value is -4.70. The smallest absolute Gasteiger partial charge is 0.343 e. The van der Waals surface area contributed by atoms with E-state index in [0.29, 0.717) is 22.8 Å². The van der Waals surface area contributed by atoms with Gasteiger partial charge in [-0.05, 0) is 79.9 Å². The van der Waals surface area contributed by atoms with Crippen molar-refractivity contribution in [1.82, 2.24) is 10.7 Å². The van der Waals surface area contributed by atoms with Gasteiger partial charge < -0.3 is 20.1 Å². The van der Waals surface area contributed by atoms with Crippen molar-refractivity contribution in [1.29, 1.82) is 0 Å². The van der Waals surface area contributed by atoms with Crippen molar-refractivity contribution in [2.24, 2.45) is 5.10 Å². The monoisotopic (exact) mass is 590 g/mol. The van der Waals surface area contributed by atoms with Crippen molar-refractivity contribution in [3.8, 4) is 11.5 Å². The fourth-order valence-corrected chi connectivity index (χ4v) is 4.52. The van der Waals surface area contributed by atoms with Gasteiger partial charge in [-0.25, -0.2) is 10.2 Å². The number of hydrogen-bond donors (Lipinski definition) is 3. The summed E-state index contributed by atoms with van der Waals surface area (Å²) < 4.78 is 11.1. The first-order valence-corrected chi connectivity index (χ1v) is 14.0. The fourth-order valence-electron chi connectivity index (χ4n) is 4.40. The van der Waals surface area contributed by atoms with E-state index < -0.39 is 17.8 Å². The molecule has 3 amide bonds. The molecule has 3 aromatic rings. The second-order valence-corrected chi connectivity index (χ2v) is 9.98. The number of para-hydroxylation sites is 1. The minimum Gasteiger partial charge on any atom is -0.490 e. The number of benzene rings is 3. The number of anilines is 1. The van der Waals surface area contributed by atoms with Gasteiger partial charge in [-0.1, -0.05) is 43.0 Å². The standard InChI is InChI=1S/C31H31ClN4O6/c1-2-41-27-18-20(12-17-26(27)42-31(40)21-13-15-22(32)16-14-21)19-33-36-30(39)29(38)35-25-11-7-6-10-24(25)28(37)34-23-8-4-3-5-9-23/h6-7,10-19,23H,2-5,8-9H2,1H3,(H,34,37)(H,35,38)(H,36,39)/b33-19+. The predicted octanol–water partition coefficient (Wildman–Crippen LogP) is 5.11. The molecular formula is C31H31ClN4O6. The number of nitrogens with zero attached hydrogens (tertiary/aromatic N) is 1. The molecule has 0 saturated heterocycles. The van der Waals surface area contributed by atoms with Gasteiger partial charge in [-0.15, -0.1) is 0 Å². The van der Waals surface area contributed by atoms with Gasteiger partial charge in [0, 0.05) is 11.1 Å². The van der Waals surface area contributed by atoms with Gasteiger partial charge in [0.1, 0.15) is 0 Å². The number of carbonyl (C=O) groups is 4. The molecule has 1 aliphatic rings. The second kappa shape index (κ2) is 14.8. The molecule has 10 nitrogen and oxygen atoms in total. The summed E-state index contributed by atoms with van der Waals surface area (Å²) in [6, 6.07) is 17.6. The summed E-state index contributed by atoms with van der Waals surface area (Å²) in [4.78, 5) is 50.3. The maximum absolute atomic E-state index is 12.8. The van der Waals surface area contributed by atoms with Gasteiger partial charge in [0.15, 0.2) is 11.5 Å². The lowest BCUT2D eigenvalue weighted by atomic mass is 9.95. The Balaban J connectivity index is 1.35. The molecule has 4 rings (SSSR count). The van der Waals surface area contributed by atoms with E-state index in [1.807, 2.05) is 0 Å². The zero-order chi connectivity index (χ0) is 29.9. The van der Waals surface area contributed by atoms with Gasteiger partial charge >= 0.3 is 17.8 Å². The van der Waals surface area contributed by atoms with E-state index >= 15 is 0 Å². The van der Waals surface area contributed by atoms with E-state index in [4.69, 9.17) is 21.1 Å². The van der Waals surface area contributed by atoms with Crippen LogP contribution >= 0.6 is 11.6 Å². The number of amides is 3. The molecule has 0 atom stereocenters. The number of rotatable bonds is 9. The second-order valence-electron chi connectivity index (χ2n) is 9.54. The predicted molar refractivity (Wildman–Crippen MR) is 159 cm³/mol. The van der Waals surface area contributed by atoms with Gasteiger partial charge in [-0.2, -0.15) is 5.10 Å². The number of hydrazone groups is 1. The highest BCUT2D eigenvalue weighted by molar-refractivity contribution is 6.40. The van der Waals surface area contributed by atoms with Crippen LogP contribution in [0.25, 0.3) is 0 Å². The van der Waals surface area contributed by atoms with Gasteiger partial charge in [0.2, 0.25) is 0 Å². The van der Waals surface area contributed by atoms with Crippen LogP contribution < -0.4 is 25.5 Å². The first-order valence-electron chi connectivity index (χ1n) is 13.6. The van der Waals surface area contributed by atoms with E-state index in [0.717, 1.165) is 32.1 Å². The average molecular weight is 591 g/mol. The van der Waals surface area contributed by atoms with E-state index in [1.54, 1.807) is 67.6 Å². The zero-order valence-electron chi connectivity index (χ0n) is 23.0. The SMILES string of the molecule is CCOc1cc(/C=N/NC(=O)C(=O)Nc2ccccc2C(=O)NC2CCCCC2)ccc1OC(=O)c1ccc(Cl)cc1. The van der Waals surface area contributed by atoms with Crippen molar-refractivity contribution in [3.63, 3.8) is 0 Å². The molecule has 1 saturated carbocycles. The highest BCUT2D eigenvalue weighted by atomic mass is 35.5. The maximum Gasteiger partial charge on any atom is 0.343 e. The van der Waals surface area contributed by atoms with Crippen molar-refractivity contribution in [3.05, 3.63) is 88.4 Å². The molecule has 0 radical (unpaired) electrons. The van der Waals surface area contributed by atoms with E-state index in [9.17, 15) is 19.2 Å². The molecule has 1 fully saturated rings. The van der Waals surface area contributed by atoms with Crippen LogP contribution in [0.4, 0.5) is 5.69 Å². The van der Waals surface area contributed by atoms with Crippen LogP contribution in [0.5, 0.6) is 11.5 Å². The molecule has 3 aromatic carbocycles. The molecule has 1 aliphatic carbocycles. The highest BCUT2D eigenvalue weighted by Crippen LogP contribution is 2.29. The molecule has 3 N–H and O–H groups in total. The fraction of sp³-hybridized carbons (Fsp3) is 0.258. The molecule has 0 bridgehead atoms. The third kappa shape index (κ3) is 8.40. The number of carbonyl (C=O) groups excluding carboxylic acids is 4. The van der Waals surface area contributed by atoms with Gasteiger partial charge in [-0.3, -0.25) is 14.4 Å². The number of ether oxygens (including phenoxy) is 2. The minimum absolute atomic E-state index is 0.0977. The van der Waals surface area contributed by atoms with Gasteiger partial charge in [0.25, 0.3) is 5.91 Å². The number of hydrogen-bond acceptors (Lipinski definition) is 7. The van der Waals surface area contributed by atoms with Crippen molar-refractivity contribution in [2.45, 2.75) is 45.1 Å². The molecule has 42 heavy (non-hydrogen) atoms. The Kier molecular flexibility index (Phi) is 10.7. The van der Waals surface area contributed by atoms with Crippen LogP contribution in [0.15, 0.2) is 71.8 Å². The Labute approximate surface area is 248 Å². The number of halogens is 1. The molecule has 0 heterocycles. The normalized spacial score (nSPS) is 13.3. The minimum atomic E-state index is -1.02. The van der Waals surface area contributed by atoms with Crippen LogP contribution in [0.3, 0.4) is 0 Å². The maximum atomic E-state index is 12.8. The lowest BCUT2D eigenvalue weighted by Crippen LogP contribution is -2.37. The van der Waals surface area contributed by atoms with Crippen molar-refractivity contribution < 1.29 is 28.7 Å². The van der Waals surface area contributed by atoms with Gasteiger partial charge in [0.05, 0.1) is 29.6 Å². The molecule has 0 spiro atoms. The molecule has 0 aliphatic heterocycles. The van der Waals surface area contributed by atoms with E-state index in [-0.39, 0.29) is 34.7 Å². The van der Waals surface area contributed by atoms with Crippen LogP contribution in [0.2, 0.25) is 5.02 Å². The molecule has 0 aromatic heterocycles.